The first-order valence-electron chi connectivity index (χ1n) is 12.2. The average molecular weight is 483 g/mol. The summed E-state index contributed by atoms with van der Waals surface area (Å²) in [5, 5.41) is 1.76. The molecular formula is C28H38N2O5. The van der Waals surface area contributed by atoms with E-state index in [-0.39, 0.29) is 19.0 Å². The number of aryl methyl sites for hydroxylation is 1. The molecule has 0 saturated carbocycles. The fourth-order valence-electron chi connectivity index (χ4n) is 3.78. The fraction of sp³-hybridized carbons (Fsp3) is 0.464. The van der Waals surface area contributed by atoms with E-state index in [1.165, 1.54) is 5.56 Å². The summed E-state index contributed by atoms with van der Waals surface area (Å²) in [7, 11) is 0. The van der Waals surface area contributed by atoms with Crippen molar-refractivity contribution < 1.29 is 23.8 Å². The van der Waals surface area contributed by atoms with Crippen LogP contribution in [0, 0.1) is 0 Å². The predicted molar refractivity (Wildman–Crippen MR) is 135 cm³/mol. The van der Waals surface area contributed by atoms with Gasteiger partial charge in [-0.25, -0.2) is 5.06 Å². The highest BCUT2D eigenvalue weighted by molar-refractivity contribution is 5.69. The minimum Gasteiger partial charge on any atom is -0.493 e. The Morgan fingerprint density at radius 1 is 1.03 bits per heavy atom. The number of hydrogen-bond donors (Lipinski definition) is 1. The van der Waals surface area contributed by atoms with E-state index in [4.69, 9.17) is 24.8 Å². The zero-order valence-corrected chi connectivity index (χ0v) is 21.3. The van der Waals surface area contributed by atoms with Gasteiger partial charge < -0.3 is 19.9 Å². The van der Waals surface area contributed by atoms with Crippen molar-refractivity contribution in [1.29, 1.82) is 0 Å². The molecule has 7 heteroatoms. The predicted octanol–water partition coefficient (Wildman–Crippen LogP) is 5.27. The molecule has 0 saturated heterocycles. The number of allylic oxidation sites excluding steroid dienone is 1. The molecule has 190 valence electrons. The van der Waals surface area contributed by atoms with Gasteiger partial charge in [0.2, 0.25) is 6.23 Å². The second-order valence-electron chi connectivity index (χ2n) is 9.51. The van der Waals surface area contributed by atoms with Crippen molar-refractivity contribution in [2.45, 2.75) is 65.2 Å². The molecule has 1 atom stereocenters. The Bertz CT molecular complexity index is 967. The first-order valence-corrected chi connectivity index (χ1v) is 12.2. The first kappa shape index (κ1) is 26.6. The lowest BCUT2D eigenvalue weighted by atomic mass is 10.1. The molecule has 2 N–H and O–H groups in total. The monoisotopic (exact) mass is 482 g/mol. The lowest BCUT2D eigenvalue weighted by Gasteiger charge is -2.27. The number of rotatable bonds is 12. The minimum atomic E-state index is -0.526. The van der Waals surface area contributed by atoms with E-state index in [0.717, 1.165) is 35.6 Å². The van der Waals surface area contributed by atoms with Crippen LogP contribution in [0.5, 0.6) is 5.75 Å². The smallest absolute Gasteiger partial charge is 0.308 e. The number of esters is 1. The van der Waals surface area contributed by atoms with Crippen LogP contribution in [0.1, 0.15) is 64.3 Å². The third-order valence-corrected chi connectivity index (χ3v) is 5.42. The van der Waals surface area contributed by atoms with Gasteiger partial charge in [0, 0.05) is 12.0 Å². The summed E-state index contributed by atoms with van der Waals surface area (Å²) >= 11 is 0. The highest BCUT2D eigenvalue weighted by Gasteiger charge is 2.34. The zero-order chi connectivity index (χ0) is 25.3. The third kappa shape index (κ3) is 8.30. The van der Waals surface area contributed by atoms with E-state index in [9.17, 15) is 4.79 Å². The summed E-state index contributed by atoms with van der Waals surface area (Å²) in [5.74, 6) is 1.29. The Morgan fingerprint density at radius 3 is 2.40 bits per heavy atom. The molecule has 0 aliphatic carbocycles. The van der Waals surface area contributed by atoms with Crippen molar-refractivity contribution >= 4 is 5.97 Å². The van der Waals surface area contributed by atoms with Crippen LogP contribution in [0.3, 0.4) is 0 Å². The van der Waals surface area contributed by atoms with Crippen LogP contribution >= 0.6 is 0 Å². The number of hydroxylamine groups is 2. The highest BCUT2D eigenvalue weighted by Crippen LogP contribution is 2.38. The highest BCUT2D eigenvalue weighted by atomic mass is 16.7. The molecule has 0 aromatic heterocycles. The van der Waals surface area contributed by atoms with Gasteiger partial charge in [0.1, 0.15) is 17.1 Å². The van der Waals surface area contributed by atoms with Gasteiger partial charge in [-0.15, -0.1) is 0 Å². The van der Waals surface area contributed by atoms with E-state index >= 15 is 0 Å². The quantitative estimate of drug-likeness (QED) is 0.413. The number of ether oxygens (including phenoxy) is 3. The molecule has 1 heterocycles. The molecular weight excluding hydrogens is 444 g/mol. The average Bonchev–Trinajstić information content (AvgIpc) is 3.13. The maximum atomic E-state index is 12.2. The van der Waals surface area contributed by atoms with E-state index < -0.39 is 11.8 Å². The topological polar surface area (TPSA) is 83.2 Å². The minimum absolute atomic E-state index is 0.147. The molecule has 35 heavy (non-hydrogen) atoms. The lowest BCUT2D eigenvalue weighted by molar-refractivity contribution is -0.206. The summed E-state index contributed by atoms with van der Waals surface area (Å²) in [5.41, 5.74) is 8.18. The normalized spacial score (nSPS) is 15.8. The van der Waals surface area contributed by atoms with Gasteiger partial charge in [-0.1, -0.05) is 42.5 Å². The standard InChI is InChI=1S/C28H38N2O5/c1-21-25(16-19-32-24-14-12-22(13-15-24)9-8-18-29)30(27(34-21)23-10-6-5-7-11-23)33-20-17-26(31)35-28(2,3)4/h5-7,10-15,27H,8-9,16-20,29H2,1-4H3/t27-/m0/s1. The van der Waals surface area contributed by atoms with Gasteiger partial charge in [-0.05, 0) is 64.8 Å². The Hall–Kier alpha value is -3.03. The zero-order valence-electron chi connectivity index (χ0n) is 21.3. The van der Waals surface area contributed by atoms with Gasteiger partial charge in [0.05, 0.1) is 25.3 Å². The molecule has 0 spiro atoms. The van der Waals surface area contributed by atoms with Gasteiger partial charge in [-0.2, -0.15) is 0 Å². The van der Waals surface area contributed by atoms with Crippen LogP contribution < -0.4 is 10.5 Å². The Labute approximate surface area is 208 Å². The fourth-order valence-corrected chi connectivity index (χ4v) is 3.78. The van der Waals surface area contributed by atoms with Gasteiger partial charge in [-0.3, -0.25) is 9.63 Å². The van der Waals surface area contributed by atoms with Crippen LogP contribution in [0.4, 0.5) is 0 Å². The van der Waals surface area contributed by atoms with E-state index in [0.29, 0.717) is 19.6 Å². The molecule has 0 unspecified atom stereocenters. The van der Waals surface area contributed by atoms with Crippen molar-refractivity contribution in [2.75, 3.05) is 19.8 Å². The number of carbonyl (C=O) groups excluding carboxylic acids is 1. The summed E-state index contributed by atoms with van der Waals surface area (Å²) in [4.78, 5) is 18.2. The largest absolute Gasteiger partial charge is 0.493 e. The van der Waals surface area contributed by atoms with Crippen molar-refractivity contribution in [1.82, 2.24) is 5.06 Å². The maximum Gasteiger partial charge on any atom is 0.308 e. The molecule has 3 rings (SSSR count). The summed E-state index contributed by atoms with van der Waals surface area (Å²) in [6.07, 6.45) is 2.26. The lowest BCUT2D eigenvalue weighted by Crippen LogP contribution is -2.28. The van der Waals surface area contributed by atoms with Gasteiger partial charge >= 0.3 is 5.97 Å². The van der Waals surface area contributed by atoms with Crippen molar-refractivity contribution in [2.24, 2.45) is 5.73 Å². The third-order valence-electron chi connectivity index (χ3n) is 5.42. The Morgan fingerprint density at radius 2 is 1.74 bits per heavy atom. The van der Waals surface area contributed by atoms with Crippen LogP contribution in [-0.2, 0) is 25.5 Å². The van der Waals surface area contributed by atoms with Crippen molar-refractivity contribution in [3.8, 4) is 5.75 Å². The van der Waals surface area contributed by atoms with Crippen LogP contribution in [0.2, 0.25) is 0 Å². The first-order chi connectivity index (χ1) is 16.8. The molecule has 0 bridgehead atoms. The molecule has 1 aliphatic rings. The Balaban J connectivity index is 1.61. The molecule has 0 radical (unpaired) electrons. The van der Waals surface area contributed by atoms with Crippen LogP contribution in [-0.4, -0.2) is 36.4 Å². The SMILES string of the molecule is CC1=C(CCOc2ccc(CCCN)cc2)N(OCCC(=O)OC(C)(C)C)[C@H](c2ccccc2)O1. The molecule has 1 aliphatic heterocycles. The molecule has 2 aromatic carbocycles. The second kappa shape index (κ2) is 12.6. The number of benzene rings is 2. The van der Waals surface area contributed by atoms with Crippen molar-refractivity contribution in [3.05, 3.63) is 77.2 Å². The van der Waals surface area contributed by atoms with E-state index in [1.807, 2.05) is 70.2 Å². The summed E-state index contributed by atoms with van der Waals surface area (Å²) in [6.45, 7) is 8.81. The number of carbonyl (C=O) groups is 1. The van der Waals surface area contributed by atoms with Gasteiger partial charge in [0.25, 0.3) is 0 Å². The number of hydrogen-bond acceptors (Lipinski definition) is 7. The number of nitrogens with zero attached hydrogens (tertiary/aromatic N) is 1. The maximum absolute atomic E-state index is 12.2. The number of nitrogens with two attached hydrogens (primary N) is 1. The second-order valence-corrected chi connectivity index (χ2v) is 9.51. The Kier molecular flexibility index (Phi) is 9.57. The van der Waals surface area contributed by atoms with Crippen LogP contribution in [0.15, 0.2) is 66.1 Å². The molecule has 7 nitrogen and oxygen atoms in total. The molecule has 0 amide bonds. The van der Waals surface area contributed by atoms with E-state index in [2.05, 4.69) is 12.1 Å². The summed E-state index contributed by atoms with van der Waals surface area (Å²) in [6, 6.07) is 18.0. The summed E-state index contributed by atoms with van der Waals surface area (Å²) < 4.78 is 17.6. The molecule has 0 fully saturated rings. The van der Waals surface area contributed by atoms with E-state index in [1.54, 1.807) is 5.06 Å². The molecule has 2 aromatic rings. The van der Waals surface area contributed by atoms with Gasteiger partial charge in [0.15, 0.2) is 0 Å². The van der Waals surface area contributed by atoms with Crippen molar-refractivity contribution in [3.63, 3.8) is 0 Å². The van der Waals surface area contributed by atoms with Crippen LogP contribution in [0.25, 0.3) is 0 Å².